The van der Waals surface area contributed by atoms with Crippen molar-refractivity contribution in [3.8, 4) is 16.9 Å². The van der Waals surface area contributed by atoms with E-state index in [0.29, 0.717) is 16.7 Å². The zero-order valence-corrected chi connectivity index (χ0v) is 23.1. The van der Waals surface area contributed by atoms with Gasteiger partial charge in [0.05, 0.1) is 11.6 Å². The van der Waals surface area contributed by atoms with E-state index < -0.39 is 53.3 Å². The van der Waals surface area contributed by atoms with E-state index in [1.807, 2.05) is 6.07 Å². The van der Waals surface area contributed by atoms with Crippen LogP contribution in [0.3, 0.4) is 0 Å². The molecule has 0 radical (unpaired) electrons. The Morgan fingerprint density at radius 3 is 2.49 bits per heavy atom. The first-order valence-corrected chi connectivity index (χ1v) is 13.2. The Hall–Kier alpha value is -3.54. The molecule has 0 saturated carbocycles. The number of Topliss-reactive ketones (excluding diaryl/α,β-unsaturated/α-hetero) is 2. The number of aromatic hydroxyl groups is 1. The molecule has 206 valence electrons. The van der Waals surface area contributed by atoms with Gasteiger partial charge < -0.3 is 26.2 Å². The molecule has 0 spiro atoms. The summed E-state index contributed by atoms with van der Waals surface area (Å²) in [6.45, 7) is -0.457. The number of primary amides is 1. The molecule has 0 bridgehead atoms. The summed E-state index contributed by atoms with van der Waals surface area (Å²) in [5.41, 5.74) is 6.90. The molecule has 2 aromatic rings. The minimum absolute atomic E-state index is 0.0353. The van der Waals surface area contributed by atoms with E-state index in [1.165, 1.54) is 6.07 Å². The maximum atomic E-state index is 13.9. The van der Waals surface area contributed by atoms with Crippen LogP contribution in [0.5, 0.6) is 5.75 Å². The molecule has 4 rings (SSSR count). The van der Waals surface area contributed by atoms with Crippen molar-refractivity contribution in [3.63, 3.8) is 0 Å². The van der Waals surface area contributed by atoms with Gasteiger partial charge in [-0.3, -0.25) is 24.3 Å². The molecule has 1 aromatic heterocycles. The van der Waals surface area contributed by atoms with Crippen LogP contribution in [0.25, 0.3) is 11.1 Å². The van der Waals surface area contributed by atoms with Crippen LogP contribution in [0.4, 0.5) is 0 Å². The number of phenolic OH excluding ortho intramolecular Hbond substituents is 1. The molecule has 6 N–H and O–H groups in total. The highest BCUT2D eigenvalue weighted by atomic mass is 79.9. The number of hydrogen-bond acceptors (Lipinski definition) is 9. The zero-order chi connectivity index (χ0) is 28.6. The first-order chi connectivity index (χ1) is 18.5. The molecule has 1 heterocycles. The molecule has 0 unspecified atom stereocenters. The van der Waals surface area contributed by atoms with E-state index in [0.717, 1.165) is 4.47 Å². The predicted octanol–water partition coefficient (Wildman–Crippen LogP) is 2.97. The number of pyridine rings is 1. The second-order valence-electron chi connectivity index (χ2n) is 10.1. The maximum Gasteiger partial charge on any atom is 0.255 e. The van der Waals surface area contributed by atoms with Crippen LogP contribution in [0.1, 0.15) is 35.2 Å². The van der Waals surface area contributed by atoms with E-state index >= 15 is 0 Å². The van der Waals surface area contributed by atoms with Crippen LogP contribution in [0.15, 0.2) is 57.7 Å². The fraction of sp³-hybridized carbons (Fsp3) is 0.357. The quantitative estimate of drug-likeness (QED) is 0.331. The summed E-state index contributed by atoms with van der Waals surface area (Å²) in [5, 5.41) is 43.4. The highest BCUT2D eigenvalue weighted by Crippen LogP contribution is 2.44. The van der Waals surface area contributed by atoms with Gasteiger partial charge in [-0.1, -0.05) is 6.07 Å². The number of carbonyl (C=O) groups excluding carboxylic acids is 3. The number of ketones is 2. The van der Waals surface area contributed by atoms with Crippen molar-refractivity contribution in [2.45, 2.75) is 31.7 Å². The van der Waals surface area contributed by atoms with Crippen LogP contribution >= 0.6 is 15.9 Å². The minimum Gasteiger partial charge on any atom is -0.512 e. The number of nitrogens with two attached hydrogens (primary N) is 1. The summed E-state index contributed by atoms with van der Waals surface area (Å²) >= 11 is 3.41. The van der Waals surface area contributed by atoms with Crippen LogP contribution < -0.4 is 5.73 Å². The number of phenols is 1. The van der Waals surface area contributed by atoms with Crippen LogP contribution in [0.2, 0.25) is 0 Å². The van der Waals surface area contributed by atoms with Crippen molar-refractivity contribution in [3.05, 3.63) is 68.9 Å². The smallest absolute Gasteiger partial charge is 0.255 e. The number of hydrogen-bond donors (Lipinski definition) is 5. The molecule has 2 aliphatic rings. The van der Waals surface area contributed by atoms with E-state index in [4.69, 9.17) is 5.73 Å². The summed E-state index contributed by atoms with van der Waals surface area (Å²) in [5.74, 6) is -5.03. The molecule has 0 saturated heterocycles. The molecule has 1 amide bonds. The largest absolute Gasteiger partial charge is 0.512 e. The average molecular weight is 600 g/mol. The fourth-order valence-electron chi connectivity index (χ4n) is 5.77. The number of aliphatic hydroxyl groups excluding tert-OH is 3. The van der Waals surface area contributed by atoms with Gasteiger partial charge in [0.1, 0.15) is 22.8 Å². The van der Waals surface area contributed by atoms with Crippen molar-refractivity contribution in [1.29, 1.82) is 0 Å². The van der Waals surface area contributed by atoms with Gasteiger partial charge in [0.2, 0.25) is 0 Å². The second-order valence-corrected chi connectivity index (χ2v) is 11.0. The topological polar surface area (TPSA) is 174 Å². The lowest BCUT2D eigenvalue weighted by Gasteiger charge is -2.36. The second kappa shape index (κ2) is 11.3. The molecule has 39 heavy (non-hydrogen) atoms. The number of halogens is 1. The Balaban J connectivity index is 1.93. The molecule has 2 aliphatic carbocycles. The van der Waals surface area contributed by atoms with E-state index in [9.17, 15) is 34.8 Å². The van der Waals surface area contributed by atoms with Crippen molar-refractivity contribution in [2.75, 3.05) is 20.7 Å². The predicted molar refractivity (Wildman–Crippen MR) is 146 cm³/mol. The van der Waals surface area contributed by atoms with E-state index in [-0.39, 0.29) is 48.3 Å². The number of allylic oxidation sites excluding steroid dienone is 2. The maximum absolute atomic E-state index is 13.9. The van der Waals surface area contributed by atoms with Gasteiger partial charge in [-0.2, -0.15) is 0 Å². The van der Waals surface area contributed by atoms with Crippen molar-refractivity contribution in [1.82, 2.24) is 9.88 Å². The van der Waals surface area contributed by atoms with Gasteiger partial charge in [-0.25, -0.2) is 0 Å². The lowest BCUT2D eigenvalue weighted by molar-refractivity contribution is -0.121. The SMILES string of the molecule is CN(C)[C@@H]1/C(O)=C(/C(N)=O)C(=O)CC/C(O)=C2/C(=O)c3c(O)ccc(-c4cncc(Br)c4)c3C[C@H]2C[C@@H]1CO. The number of carbonyl (C=O) groups is 3. The summed E-state index contributed by atoms with van der Waals surface area (Å²) in [4.78, 5) is 44.8. The molecular formula is C28H30BrN3O7. The lowest BCUT2D eigenvalue weighted by atomic mass is 9.71. The van der Waals surface area contributed by atoms with Gasteiger partial charge in [-0.15, -0.1) is 0 Å². The molecule has 1 aromatic carbocycles. The number of benzene rings is 1. The molecular weight excluding hydrogens is 570 g/mol. The first kappa shape index (κ1) is 28.5. The molecule has 0 aliphatic heterocycles. The van der Waals surface area contributed by atoms with Gasteiger partial charge in [-0.05, 0) is 72.0 Å². The minimum atomic E-state index is -1.12. The van der Waals surface area contributed by atoms with Gasteiger partial charge in [0, 0.05) is 53.4 Å². The summed E-state index contributed by atoms with van der Waals surface area (Å²) in [7, 11) is 3.25. The Labute approximate surface area is 233 Å². The first-order valence-electron chi connectivity index (χ1n) is 12.4. The van der Waals surface area contributed by atoms with Crippen LogP contribution in [-0.4, -0.2) is 74.5 Å². The van der Waals surface area contributed by atoms with Crippen LogP contribution in [-0.2, 0) is 16.0 Å². The van der Waals surface area contributed by atoms with Crippen LogP contribution in [0, 0.1) is 11.8 Å². The average Bonchev–Trinajstić information content (AvgIpc) is 2.87. The van der Waals surface area contributed by atoms with E-state index in [2.05, 4.69) is 20.9 Å². The zero-order valence-electron chi connectivity index (χ0n) is 21.5. The van der Waals surface area contributed by atoms with Crippen molar-refractivity contribution >= 4 is 33.4 Å². The Morgan fingerprint density at radius 1 is 1.15 bits per heavy atom. The Morgan fingerprint density at radius 2 is 1.87 bits per heavy atom. The number of amides is 1. The number of fused-ring (bicyclic) bond motifs is 2. The molecule has 3 atom stereocenters. The third-order valence-electron chi connectivity index (χ3n) is 7.42. The van der Waals surface area contributed by atoms with Crippen molar-refractivity contribution in [2.24, 2.45) is 17.6 Å². The summed E-state index contributed by atoms with van der Waals surface area (Å²) in [6.07, 6.45) is 2.93. The van der Waals surface area contributed by atoms with Gasteiger partial charge >= 0.3 is 0 Å². The molecule has 0 fully saturated rings. The Bertz CT molecular complexity index is 1420. The number of likely N-dealkylation sites (N-methyl/N-ethyl adjacent to an activating group) is 1. The molecule has 11 heteroatoms. The standard InChI is InChI=1S/C28H30BrN3O7/c1-32(2)25-15(12-33)7-13-9-18-17(14-8-16(29)11-31-10-14)3-4-20(35)23(18)26(37)22(13)19(34)5-6-21(36)24(27(25)38)28(30)39/h3-4,8,10-11,13,15,25,33-35,38H,5-7,9,12H2,1-2H3,(H2,30,39)/b22-19-,27-24-/t13-,15-,25+/m1/s1. The summed E-state index contributed by atoms with van der Waals surface area (Å²) in [6, 6.07) is 3.98. The third kappa shape index (κ3) is 5.34. The highest BCUT2D eigenvalue weighted by Gasteiger charge is 2.41. The third-order valence-corrected chi connectivity index (χ3v) is 7.86. The normalized spacial score (nSPS) is 26.1. The van der Waals surface area contributed by atoms with Crippen molar-refractivity contribution < 1.29 is 34.8 Å². The number of nitrogens with zero attached hydrogens (tertiary/aromatic N) is 2. The summed E-state index contributed by atoms with van der Waals surface area (Å²) < 4.78 is 0.725. The molecule has 10 nitrogen and oxygen atoms in total. The highest BCUT2D eigenvalue weighted by molar-refractivity contribution is 9.10. The van der Waals surface area contributed by atoms with E-state index in [1.54, 1.807) is 37.5 Å². The number of rotatable bonds is 4. The van der Waals surface area contributed by atoms with Gasteiger partial charge in [0.25, 0.3) is 5.91 Å². The van der Waals surface area contributed by atoms with Gasteiger partial charge in [0.15, 0.2) is 11.6 Å². The monoisotopic (exact) mass is 599 g/mol. The number of aromatic nitrogens is 1. The number of aliphatic hydroxyl groups is 3. The Kier molecular flexibility index (Phi) is 8.24. The fourth-order valence-corrected chi connectivity index (χ4v) is 6.14. The lowest BCUT2D eigenvalue weighted by Crippen LogP contribution is -2.42.